The molecule has 5 rings (SSSR count). The van der Waals surface area contributed by atoms with Crippen molar-refractivity contribution >= 4 is 28.0 Å². The van der Waals surface area contributed by atoms with Crippen LogP contribution in [0.1, 0.15) is 41.6 Å². The van der Waals surface area contributed by atoms with Crippen LogP contribution in [0.5, 0.6) is 5.88 Å². The normalized spacial score (nSPS) is 14.4. The molecule has 1 aliphatic carbocycles. The van der Waals surface area contributed by atoms with Gasteiger partial charge in [-0.25, -0.2) is 9.78 Å². The first-order chi connectivity index (χ1) is 16.5. The van der Waals surface area contributed by atoms with Crippen molar-refractivity contribution in [2.24, 2.45) is 5.92 Å². The second kappa shape index (κ2) is 9.06. The molecule has 0 radical (unpaired) electrons. The van der Waals surface area contributed by atoms with Crippen molar-refractivity contribution in [3.63, 3.8) is 0 Å². The Balaban J connectivity index is 1.84. The number of aromatic amines is 1. The van der Waals surface area contributed by atoms with Crippen LogP contribution in [0.4, 0.5) is 4.39 Å². The fourth-order valence-electron chi connectivity index (χ4n) is 4.43. The number of pyridine rings is 1. The van der Waals surface area contributed by atoms with Gasteiger partial charge in [0.2, 0.25) is 11.8 Å². The zero-order valence-electron chi connectivity index (χ0n) is 18.8. The molecule has 170 valence electrons. The van der Waals surface area contributed by atoms with Gasteiger partial charge in [-0.2, -0.15) is 9.49 Å². The summed E-state index contributed by atoms with van der Waals surface area (Å²) >= 11 is 0. The first-order valence-corrected chi connectivity index (χ1v) is 11.3. The van der Waals surface area contributed by atoms with Crippen molar-refractivity contribution in [3.8, 4) is 5.88 Å². The highest BCUT2D eigenvalue weighted by Gasteiger charge is 2.29. The van der Waals surface area contributed by atoms with Gasteiger partial charge in [0, 0.05) is 17.3 Å². The highest BCUT2D eigenvalue weighted by atomic mass is 19.1. The molecule has 2 heterocycles. The number of H-pyrrole nitrogens is 1. The fraction of sp³-hybridized carbons (Fsp3) is 0.179. The second-order valence-corrected chi connectivity index (χ2v) is 8.48. The third-order valence-corrected chi connectivity index (χ3v) is 6.30. The van der Waals surface area contributed by atoms with Gasteiger partial charge in [0.25, 0.3) is 0 Å². The number of aromatic nitrogens is 3. The van der Waals surface area contributed by atoms with Crippen molar-refractivity contribution in [3.05, 3.63) is 102 Å². The Kier molecular flexibility index (Phi) is 5.80. The standard InChI is InChI=1S/C28H24FN3O2/c1-3-24(33)34-28-21(14-12-17(2)30-28)26(20-13-15-23-22(16-20)27(29)32-31-23)25(19-10-7-11-19)18-8-5-4-6-9-18/h3-6,8-9,12-16,19H,1,7,10-11H2,2H3,(H,31,32)/b26-25+. The van der Waals surface area contributed by atoms with Gasteiger partial charge in [-0.05, 0) is 72.2 Å². The van der Waals surface area contributed by atoms with E-state index >= 15 is 0 Å². The summed E-state index contributed by atoms with van der Waals surface area (Å²) in [5.41, 5.74) is 5.84. The molecule has 1 fully saturated rings. The number of allylic oxidation sites excluding steroid dienone is 1. The highest BCUT2D eigenvalue weighted by molar-refractivity contribution is 6.02. The van der Waals surface area contributed by atoms with Crippen LogP contribution in [0.3, 0.4) is 0 Å². The number of hydrogen-bond donors (Lipinski definition) is 1. The van der Waals surface area contributed by atoms with E-state index in [2.05, 4.69) is 33.9 Å². The van der Waals surface area contributed by atoms with Gasteiger partial charge in [0.15, 0.2) is 0 Å². The molecule has 0 bridgehead atoms. The molecule has 1 saturated carbocycles. The van der Waals surface area contributed by atoms with E-state index in [9.17, 15) is 9.18 Å². The van der Waals surface area contributed by atoms with Crippen molar-refractivity contribution in [1.29, 1.82) is 0 Å². The van der Waals surface area contributed by atoms with Gasteiger partial charge in [-0.3, -0.25) is 5.10 Å². The van der Waals surface area contributed by atoms with Gasteiger partial charge in [0.1, 0.15) is 0 Å². The Labute approximate surface area is 197 Å². The van der Waals surface area contributed by atoms with E-state index in [1.54, 1.807) is 12.1 Å². The SMILES string of the molecule is C=CC(=O)Oc1nc(C)ccc1/C(=C(\c1ccccc1)C1CCC1)c1ccc2n[nH]c(F)c2c1. The molecule has 0 aliphatic heterocycles. The van der Waals surface area contributed by atoms with Crippen LogP contribution >= 0.6 is 0 Å². The van der Waals surface area contributed by atoms with Crippen LogP contribution in [0.25, 0.3) is 22.0 Å². The zero-order chi connectivity index (χ0) is 23.7. The van der Waals surface area contributed by atoms with Gasteiger partial charge in [0.05, 0.1) is 10.9 Å². The van der Waals surface area contributed by atoms with Crippen molar-refractivity contribution in [1.82, 2.24) is 15.2 Å². The summed E-state index contributed by atoms with van der Waals surface area (Å²) in [4.78, 5) is 16.7. The lowest BCUT2D eigenvalue weighted by Crippen LogP contribution is -2.16. The number of fused-ring (bicyclic) bond motifs is 1. The molecule has 1 N–H and O–H groups in total. The maximum absolute atomic E-state index is 14.5. The maximum Gasteiger partial charge on any atom is 0.336 e. The Bertz CT molecular complexity index is 1420. The number of hydrogen-bond acceptors (Lipinski definition) is 4. The third-order valence-electron chi connectivity index (χ3n) is 6.30. The van der Waals surface area contributed by atoms with E-state index in [-0.39, 0.29) is 5.88 Å². The molecule has 0 spiro atoms. The minimum absolute atomic E-state index is 0.209. The topological polar surface area (TPSA) is 67.9 Å². The van der Waals surface area contributed by atoms with Crippen molar-refractivity contribution in [2.45, 2.75) is 26.2 Å². The van der Waals surface area contributed by atoms with Crippen LogP contribution in [-0.4, -0.2) is 21.2 Å². The molecule has 0 atom stereocenters. The molecule has 2 aromatic heterocycles. The molecule has 6 heteroatoms. The van der Waals surface area contributed by atoms with E-state index in [1.165, 1.54) is 0 Å². The van der Waals surface area contributed by atoms with Gasteiger partial charge in [-0.1, -0.05) is 49.4 Å². The van der Waals surface area contributed by atoms with Gasteiger partial charge >= 0.3 is 5.97 Å². The predicted octanol–water partition coefficient (Wildman–Crippen LogP) is 6.26. The lowest BCUT2D eigenvalue weighted by molar-refractivity contribution is -0.129. The molecule has 1 aliphatic rings. The minimum Gasteiger partial charge on any atom is -0.404 e. The summed E-state index contributed by atoms with van der Waals surface area (Å²) in [5, 5.41) is 6.85. The Morgan fingerprint density at radius 3 is 2.62 bits per heavy atom. The molecule has 0 amide bonds. The van der Waals surface area contributed by atoms with E-state index in [0.717, 1.165) is 53.3 Å². The number of nitrogens with one attached hydrogen (secondary N) is 1. The Morgan fingerprint density at radius 1 is 1.12 bits per heavy atom. The fourth-order valence-corrected chi connectivity index (χ4v) is 4.43. The number of benzene rings is 2. The van der Waals surface area contributed by atoms with E-state index in [0.29, 0.717) is 22.4 Å². The summed E-state index contributed by atoms with van der Waals surface area (Å²) in [5.74, 6) is -0.534. The number of carbonyl (C=O) groups is 1. The first-order valence-electron chi connectivity index (χ1n) is 11.3. The van der Waals surface area contributed by atoms with E-state index in [1.807, 2.05) is 43.3 Å². The number of esters is 1. The molecule has 5 nitrogen and oxygen atoms in total. The van der Waals surface area contributed by atoms with Crippen LogP contribution in [0, 0.1) is 18.8 Å². The number of nitrogens with zero attached hydrogens (tertiary/aromatic N) is 2. The van der Waals surface area contributed by atoms with E-state index in [4.69, 9.17) is 4.74 Å². The highest BCUT2D eigenvalue weighted by Crippen LogP contribution is 2.46. The molecular formula is C28H24FN3O2. The smallest absolute Gasteiger partial charge is 0.336 e. The van der Waals surface area contributed by atoms with Crippen molar-refractivity contribution in [2.75, 3.05) is 0 Å². The lowest BCUT2D eigenvalue weighted by atomic mass is 9.73. The quantitative estimate of drug-likeness (QED) is 0.213. The average Bonchev–Trinajstić information content (AvgIpc) is 3.19. The summed E-state index contributed by atoms with van der Waals surface area (Å²) < 4.78 is 20.1. The molecule has 4 aromatic rings. The van der Waals surface area contributed by atoms with Crippen molar-refractivity contribution < 1.29 is 13.9 Å². The minimum atomic E-state index is -0.583. The predicted molar refractivity (Wildman–Crippen MR) is 131 cm³/mol. The summed E-state index contributed by atoms with van der Waals surface area (Å²) in [6.45, 7) is 5.36. The molecular weight excluding hydrogens is 429 g/mol. The largest absolute Gasteiger partial charge is 0.404 e. The van der Waals surface area contributed by atoms with Gasteiger partial charge in [-0.15, -0.1) is 0 Å². The van der Waals surface area contributed by atoms with Crippen LogP contribution in [-0.2, 0) is 4.79 Å². The Morgan fingerprint density at radius 2 is 1.91 bits per heavy atom. The average molecular weight is 454 g/mol. The number of rotatable bonds is 6. The molecule has 0 unspecified atom stereocenters. The maximum atomic E-state index is 14.5. The zero-order valence-corrected chi connectivity index (χ0v) is 18.8. The number of ether oxygens (including phenoxy) is 1. The molecule has 34 heavy (non-hydrogen) atoms. The molecule has 2 aromatic carbocycles. The summed E-state index contributed by atoms with van der Waals surface area (Å²) in [6, 6.07) is 19.5. The van der Waals surface area contributed by atoms with Crippen LogP contribution in [0.15, 0.2) is 73.3 Å². The van der Waals surface area contributed by atoms with E-state index < -0.39 is 11.9 Å². The van der Waals surface area contributed by atoms with Crippen LogP contribution in [0.2, 0.25) is 0 Å². The van der Waals surface area contributed by atoms with Crippen LogP contribution < -0.4 is 4.74 Å². The first kappa shape index (κ1) is 21.8. The summed E-state index contributed by atoms with van der Waals surface area (Å²) in [7, 11) is 0. The lowest BCUT2D eigenvalue weighted by Gasteiger charge is -2.32. The Hall–Kier alpha value is -4.06. The molecule has 0 saturated heterocycles. The monoisotopic (exact) mass is 453 g/mol. The number of carbonyl (C=O) groups excluding carboxylic acids is 1. The second-order valence-electron chi connectivity index (χ2n) is 8.48. The van der Waals surface area contributed by atoms with Gasteiger partial charge < -0.3 is 4.74 Å². The number of halogens is 1. The summed E-state index contributed by atoms with van der Waals surface area (Å²) in [6.07, 6.45) is 4.37. The third kappa shape index (κ3) is 4.03. The number of aryl methyl sites for hydroxylation is 1.